The highest BCUT2D eigenvalue weighted by atomic mass is 32.2. The van der Waals surface area contributed by atoms with E-state index in [0.29, 0.717) is 22.7 Å². The number of aromatic amines is 1. The molecule has 2 aromatic carbocycles. The first-order valence-corrected chi connectivity index (χ1v) is 9.58. The molecule has 0 saturated carbocycles. The highest BCUT2D eigenvalue weighted by Crippen LogP contribution is 2.28. The molecule has 3 rings (SSSR count). The molecule has 0 bridgehead atoms. The van der Waals surface area contributed by atoms with Gasteiger partial charge in [-0.05, 0) is 48.5 Å². The zero-order chi connectivity index (χ0) is 20.3. The quantitative estimate of drug-likeness (QED) is 0.577. The molecular formula is C18H18N4O5S. The predicted molar refractivity (Wildman–Crippen MR) is 103 cm³/mol. The standard InChI is InChI=1S/C18H18N4O5S/c1-26-13-6-4-12(5-7-13)20-18(23)15-10-14(21-22-15)11-3-8-16(27-2)17(9-11)28(19,24)25/h3-10H,1-2H3,(H,20,23)(H,21,22)(H2,19,24,25). The summed E-state index contributed by atoms with van der Waals surface area (Å²) in [4.78, 5) is 12.2. The number of sulfonamides is 1. The fourth-order valence-electron chi connectivity index (χ4n) is 2.52. The van der Waals surface area contributed by atoms with Crippen molar-refractivity contribution in [3.8, 4) is 22.8 Å². The smallest absolute Gasteiger partial charge is 0.273 e. The first-order chi connectivity index (χ1) is 13.3. The van der Waals surface area contributed by atoms with Gasteiger partial charge in [0.1, 0.15) is 22.1 Å². The zero-order valence-electron chi connectivity index (χ0n) is 15.1. The topological polar surface area (TPSA) is 136 Å². The fourth-order valence-corrected chi connectivity index (χ4v) is 3.24. The lowest BCUT2D eigenvalue weighted by Gasteiger charge is -2.07. The molecule has 1 amide bonds. The Morgan fingerprint density at radius 1 is 1.07 bits per heavy atom. The van der Waals surface area contributed by atoms with Crippen molar-refractivity contribution in [2.45, 2.75) is 4.90 Å². The highest BCUT2D eigenvalue weighted by molar-refractivity contribution is 7.89. The molecule has 0 spiro atoms. The number of nitrogens with one attached hydrogen (secondary N) is 2. The molecule has 0 fully saturated rings. The van der Waals surface area contributed by atoms with Crippen molar-refractivity contribution in [2.24, 2.45) is 5.14 Å². The first-order valence-electron chi connectivity index (χ1n) is 8.04. The van der Waals surface area contributed by atoms with E-state index in [9.17, 15) is 13.2 Å². The van der Waals surface area contributed by atoms with Gasteiger partial charge in [0, 0.05) is 11.3 Å². The number of aromatic nitrogens is 2. The number of carbonyl (C=O) groups excluding carboxylic acids is 1. The van der Waals surface area contributed by atoms with Gasteiger partial charge in [-0.15, -0.1) is 0 Å². The lowest BCUT2D eigenvalue weighted by Crippen LogP contribution is -2.13. The number of nitrogens with two attached hydrogens (primary N) is 1. The van der Waals surface area contributed by atoms with Crippen molar-refractivity contribution in [2.75, 3.05) is 19.5 Å². The van der Waals surface area contributed by atoms with Gasteiger partial charge in [0.25, 0.3) is 5.91 Å². The van der Waals surface area contributed by atoms with Crippen molar-refractivity contribution in [3.05, 3.63) is 54.2 Å². The van der Waals surface area contributed by atoms with Gasteiger partial charge in [-0.2, -0.15) is 5.10 Å². The Morgan fingerprint density at radius 3 is 2.39 bits per heavy atom. The second-order valence-electron chi connectivity index (χ2n) is 5.76. The summed E-state index contributed by atoms with van der Waals surface area (Å²) in [5, 5.41) is 14.7. The summed E-state index contributed by atoms with van der Waals surface area (Å²) < 4.78 is 33.6. The number of hydrogen-bond acceptors (Lipinski definition) is 6. The van der Waals surface area contributed by atoms with Crippen LogP contribution in [-0.4, -0.2) is 38.7 Å². The average molecular weight is 402 g/mol. The molecule has 0 radical (unpaired) electrons. The van der Waals surface area contributed by atoms with E-state index in [1.54, 1.807) is 37.4 Å². The number of nitrogens with zero attached hydrogens (tertiary/aromatic N) is 1. The summed E-state index contributed by atoms with van der Waals surface area (Å²) >= 11 is 0. The van der Waals surface area contributed by atoms with Crippen LogP contribution in [0.4, 0.5) is 5.69 Å². The van der Waals surface area contributed by atoms with E-state index in [1.807, 2.05) is 0 Å². The molecule has 10 heteroatoms. The van der Waals surface area contributed by atoms with Crippen LogP contribution >= 0.6 is 0 Å². The Hall–Kier alpha value is -3.37. The van der Waals surface area contributed by atoms with Gasteiger partial charge in [-0.3, -0.25) is 9.89 Å². The molecule has 0 aliphatic carbocycles. The third-order valence-electron chi connectivity index (χ3n) is 3.94. The van der Waals surface area contributed by atoms with Gasteiger partial charge >= 0.3 is 0 Å². The maximum absolute atomic E-state index is 12.4. The van der Waals surface area contributed by atoms with Crippen LogP contribution in [-0.2, 0) is 10.0 Å². The second-order valence-corrected chi connectivity index (χ2v) is 7.29. The number of amides is 1. The SMILES string of the molecule is COc1ccc(NC(=O)c2cc(-c3ccc(OC)c(S(N)(=O)=O)c3)n[nH]2)cc1. The van der Waals surface area contributed by atoms with Gasteiger partial charge in [0.2, 0.25) is 10.0 Å². The maximum Gasteiger partial charge on any atom is 0.273 e. The van der Waals surface area contributed by atoms with E-state index < -0.39 is 15.9 Å². The zero-order valence-corrected chi connectivity index (χ0v) is 15.9. The Kier molecular flexibility index (Phi) is 5.34. The summed E-state index contributed by atoms with van der Waals surface area (Å²) in [6.07, 6.45) is 0. The van der Waals surface area contributed by atoms with E-state index in [0.717, 1.165) is 0 Å². The van der Waals surface area contributed by atoms with Crippen molar-refractivity contribution in [3.63, 3.8) is 0 Å². The minimum Gasteiger partial charge on any atom is -0.497 e. The highest BCUT2D eigenvalue weighted by Gasteiger charge is 2.18. The van der Waals surface area contributed by atoms with Crippen LogP contribution in [0, 0.1) is 0 Å². The molecule has 146 valence electrons. The fraction of sp³-hybridized carbons (Fsp3) is 0.111. The molecule has 0 saturated heterocycles. The number of benzene rings is 2. The molecule has 0 aliphatic rings. The average Bonchev–Trinajstić information content (AvgIpc) is 3.18. The molecule has 3 aromatic rings. The Bertz CT molecular complexity index is 1110. The molecule has 4 N–H and O–H groups in total. The Labute approximate surface area is 161 Å². The van der Waals surface area contributed by atoms with Crippen LogP contribution in [0.1, 0.15) is 10.5 Å². The summed E-state index contributed by atoms with van der Waals surface area (Å²) in [6.45, 7) is 0. The molecule has 0 aliphatic heterocycles. The number of ether oxygens (including phenoxy) is 2. The summed E-state index contributed by atoms with van der Waals surface area (Å²) in [5.74, 6) is 0.398. The van der Waals surface area contributed by atoms with Crippen LogP contribution in [0.15, 0.2) is 53.4 Å². The van der Waals surface area contributed by atoms with E-state index >= 15 is 0 Å². The number of primary sulfonamides is 1. The van der Waals surface area contributed by atoms with Crippen molar-refractivity contribution in [1.82, 2.24) is 10.2 Å². The van der Waals surface area contributed by atoms with Crippen molar-refractivity contribution >= 4 is 21.6 Å². The largest absolute Gasteiger partial charge is 0.497 e. The van der Waals surface area contributed by atoms with E-state index in [1.165, 1.54) is 25.3 Å². The normalized spacial score (nSPS) is 11.1. The minimum absolute atomic E-state index is 0.124. The molecule has 1 heterocycles. The van der Waals surface area contributed by atoms with Crippen LogP contribution in [0.3, 0.4) is 0 Å². The molecule has 28 heavy (non-hydrogen) atoms. The maximum atomic E-state index is 12.4. The second kappa shape index (κ2) is 7.71. The lowest BCUT2D eigenvalue weighted by atomic mass is 10.1. The summed E-state index contributed by atoms with van der Waals surface area (Å²) in [5.41, 5.74) is 1.64. The Morgan fingerprint density at radius 2 is 1.79 bits per heavy atom. The third kappa shape index (κ3) is 4.13. The van der Waals surface area contributed by atoms with Gasteiger partial charge in [0.05, 0.1) is 19.9 Å². The lowest BCUT2D eigenvalue weighted by molar-refractivity contribution is 0.102. The molecule has 0 atom stereocenters. The van der Waals surface area contributed by atoms with Crippen LogP contribution in [0.2, 0.25) is 0 Å². The van der Waals surface area contributed by atoms with E-state index in [-0.39, 0.29) is 16.3 Å². The van der Waals surface area contributed by atoms with Gasteiger partial charge in [-0.1, -0.05) is 0 Å². The minimum atomic E-state index is -3.98. The summed E-state index contributed by atoms with van der Waals surface area (Å²) in [7, 11) is -1.08. The van der Waals surface area contributed by atoms with E-state index in [4.69, 9.17) is 14.6 Å². The number of rotatable bonds is 6. The third-order valence-corrected chi connectivity index (χ3v) is 4.87. The van der Waals surface area contributed by atoms with E-state index in [2.05, 4.69) is 15.5 Å². The number of methoxy groups -OCH3 is 2. The van der Waals surface area contributed by atoms with Crippen LogP contribution in [0.25, 0.3) is 11.3 Å². The number of hydrogen-bond donors (Lipinski definition) is 3. The molecular weight excluding hydrogens is 384 g/mol. The number of H-pyrrole nitrogens is 1. The van der Waals surface area contributed by atoms with Crippen LogP contribution < -0.4 is 19.9 Å². The monoisotopic (exact) mass is 402 g/mol. The van der Waals surface area contributed by atoms with Gasteiger partial charge in [-0.25, -0.2) is 13.6 Å². The number of carbonyl (C=O) groups is 1. The van der Waals surface area contributed by atoms with Crippen molar-refractivity contribution < 1.29 is 22.7 Å². The molecule has 9 nitrogen and oxygen atoms in total. The van der Waals surface area contributed by atoms with Crippen molar-refractivity contribution in [1.29, 1.82) is 0 Å². The molecule has 0 unspecified atom stereocenters. The number of anilines is 1. The van der Waals surface area contributed by atoms with Gasteiger partial charge < -0.3 is 14.8 Å². The Balaban J connectivity index is 1.84. The first kappa shape index (κ1) is 19.4. The van der Waals surface area contributed by atoms with Gasteiger partial charge in [0.15, 0.2) is 0 Å². The van der Waals surface area contributed by atoms with Crippen LogP contribution in [0.5, 0.6) is 11.5 Å². The molecule has 1 aromatic heterocycles. The summed E-state index contributed by atoms with van der Waals surface area (Å²) in [6, 6.07) is 12.8. The predicted octanol–water partition coefficient (Wildman–Crippen LogP) is 1.99.